The average Bonchev–Trinajstić information content (AvgIpc) is 2.46. The highest BCUT2D eigenvalue weighted by Gasteiger charge is 2.26. The molecule has 1 aliphatic carbocycles. The number of morpholine rings is 1. The molecule has 6 nitrogen and oxygen atoms in total. The number of carbonyl (C=O) groups is 2. The zero-order valence-electron chi connectivity index (χ0n) is 11.1. The summed E-state index contributed by atoms with van der Waals surface area (Å²) in [6.45, 7) is 3.17. The van der Waals surface area contributed by atoms with Gasteiger partial charge in [0.25, 0.3) is 0 Å². The van der Waals surface area contributed by atoms with Gasteiger partial charge in [0.05, 0.1) is 19.1 Å². The van der Waals surface area contributed by atoms with Gasteiger partial charge in [0, 0.05) is 19.6 Å². The summed E-state index contributed by atoms with van der Waals surface area (Å²) in [4.78, 5) is 24.5. The number of hydrogen-bond donors (Lipinski definition) is 2. The number of amides is 2. The van der Waals surface area contributed by atoms with E-state index in [9.17, 15) is 9.59 Å². The van der Waals surface area contributed by atoms with E-state index in [0.717, 1.165) is 25.7 Å². The highest BCUT2D eigenvalue weighted by molar-refractivity contribution is 5.74. The second kappa shape index (κ2) is 6.75. The van der Waals surface area contributed by atoms with Gasteiger partial charge >= 0.3 is 12.0 Å². The third-order valence-electron chi connectivity index (χ3n) is 4.04. The minimum absolute atomic E-state index is 0.0244. The molecule has 2 fully saturated rings. The number of ether oxygens (including phenoxy) is 1. The van der Waals surface area contributed by atoms with E-state index in [0.29, 0.717) is 38.8 Å². The number of urea groups is 1. The van der Waals surface area contributed by atoms with E-state index in [-0.39, 0.29) is 11.9 Å². The van der Waals surface area contributed by atoms with Crippen molar-refractivity contribution in [2.75, 3.05) is 32.8 Å². The van der Waals surface area contributed by atoms with Crippen LogP contribution in [-0.2, 0) is 9.53 Å². The number of hydrogen-bond acceptors (Lipinski definition) is 3. The molecule has 1 heterocycles. The molecule has 2 N–H and O–H groups in total. The van der Waals surface area contributed by atoms with Gasteiger partial charge in [-0.05, 0) is 31.6 Å². The van der Waals surface area contributed by atoms with Gasteiger partial charge in [-0.2, -0.15) is 0 Å². The molecule has 19 heavy (non-hydrogen) atoms. The Bertz CT molecular complexity index is 321. The van der Waals surface area contributed by atoms with Crippen LogP contribution in [-0.4, -0.2) is 54.9 Å². The number of carbonyl (C=O) groups excluding carboxylic acids is 1. The predicted octanol–water partition coefficient (Wildman–Crippen LogP) is 0.919. The first-order valence-corrected chi connectivity index (χ1v) is 7.00. The van der Waals surface area contributed by atoms with Gasteiger partial charge in [-0.3, -0.25) is 4.79 Å². The number of carboxylic acids is 1. The predicted molar refractivity (Wildman–Crippen MR) is 68.9 cm³/mol. The fourth-order valence-corrected chi connectivity index (χ4v) is 2.72. The van der Waals surface area contributed by atoms with Crippen molar-refractivity contribution in [2.24, 2.45) is 11.8 Å². The Hall–Kier alpha value is -1.30. The summed E-state index contributed by atoms with van der Waals surface area (Å²) in [5, 5.41) is 11.9. The summed E-state index contributed by atoms with van der Waals surface area (Å²) < 4.78 is 5.20. The number of carboxylic acid groups (broad SMARTS) is 1. The van der Waals surface area contributed by atoms with E-state index < -0.39 is 5.97 Å². The van der Waals surface area contributed by atoms with Crippen LogP contribution in [0.1, 0.15) is 25.7 Å². The van der Waals surface area contributed by atoms with E-state index >= 15 is 0 Å². The largest absolute Gasteiger partial charge is 0.481 e. The van der Waals surface area contributed by atoms with Gasteiger partial charge in [0.1, 0.15) is 0 Å². The minimum atomic E-state index is -0.684. The van der Waals surface area contributed by atoms with Crippen LogP contribution < -0.4 is 5.32 Å². The summed E-state index contributed by atoms with van der Waals surface area (Å²) >= 11 is 0. The first kappa shape index (κ1) is 14.1. The maximum atomic E-state index is 11.9. The van der Waals surface area contributed by atoms with E-state index in [1.807, 2.05) is 0 Å². The van der Waals surface area contributed by atoms with Crippen LogP contribution in [0, 0.1) is 11.8 Å². The fourth-order valence-electron chi connectivity index (χ4n) is 2.72. The summed E-state index contributed by atoms with van der Waals surface area (Å²) in [6, 6.07) is -0.0244. The SMILES string of the molecule is O=C(O)C1CCC(CNC(=O)N2CCOCC2)CC1. The van der Waals surface area contributed by atoms with Crippen molar-refractivity contribution in [3.8, 4) is 0 Å². The van der Waals surface area contributed by atoms with E-state index in [1.54, 1.807) is 4.90 Å². The lowest BCUT2D eigenvalue weighted by atomic mass is 9.82. The molecule has 0 aromatic rings. The van der Waals surface area contributed by atoms with Gasteiger partial charge in [-0.1, -0.05) is 0 Å². The molecule has 0 spiro atoms. The molecule has 2 amide bonds. The third-order valence-corrected chi connectivity index (χ3v) is 4.04. The molecule has 0 atom stereocenters. The Labute approximate surface area is 113 Å². The van der Waals surface area contributed by atoms with Crippen molar-refractivity contribution in [3.05, 3.63) is 0 Å². The number of nitrogens with zero attached hydrogens (tertiary/aromatic N) is 1. The van der Waals surface area contributed by atoms with E-state index in [1.165, 1.54) is 0 Å². The molecular formula is C13H22N2O4. The molecule has 6 heteroatoms. The highest BCUT2D eigenvalue weighted by Crippen LogP contribution is 2.28. The molecule has 108 valence electrons. The monoisotopic (exact) mass is 270 g/mol. The lowest BCUT2D eigenvalue weighted by molar-refractivity contribution is -0.143. The number of rotatable bonds is 3. The lowest BCUT2D eigenvalue weighted by Crippen LogP contribution is -2.47. The third kappa shape index (κ3) is 4.09. The quantitative estimate of drug-likeness (QED) is 0.799. The van der Waals surface area contributed by atoms with Crippen molar-refractivity contribution in [2.45, 2.75) is 25.7 Å². The highest BCUT2D eigenvalue weighted by atomic mass is 16.5. The summed E-state index contributed by atoms with van der Waals surface area (Å²) in [5.74, 6) is -0.456. The second-order valence-electron chi connectivity index (χ2n) is 5.34. The van der Waals surface area contributed by atoms with Crippen LogP contribution in [0.15, 0.2) is 0 Å². The molecule has 0 aromatic carbocycles. The summed E-state index contributed by atoms with van der Waals surface area (Å²) in [5.41, 5.74) is 0. The van der Waals surface area contributed by atoms with E-state index in [4.69, 9.17) is 9.84 Å². The minimum Gasteiger partial charge on any atom is -0.481 e. The first-order chi connectivity index (χ1) is 9.16. The molecule has 0 aromatic heterocycles. The van der Waals surface area contributed by atoms with Crippen LogP contribution in [0.5, 0.6) is 0 Å². The van der Waals surface area contributed by atoms with Gasteiger partial charge in [0.15, 0.2) is 0 Å². The molecular weight excluding hydrogens is 248 g/mol. The molecule has 2 aliphatic rings. The number of aliphatic carboxylic acids is 1. The van der Waals surface area contributed by atoms with E-state index in [2.05, 4.69) is 5.32 Å². The fraction of sp³-hybridized carbons (Fsp3) is 0.846. The molecule has 1 aliphatic heterocycles. The van der Waals surface area contributed by atoms with Gasteiger partial charge in [-0.25, -0.2) is 4.79 Å². The summed E-state index contributed by atoms with van der Waals surface area (Å²) in [6.07, 6.45) is 3.24. The average molecular weight is 270 g/mol. The molecule has 1 saturated heterocycles. The molecule has 0 unspecified atom stereocenters. The van der Waals surface area contributed by atoms with Gasteiger partial charge in [0.2, 0.25) is 0 Å². The maximum absolute atomic E-state index is 11.9. The van der Waals surface area contributed by atoms with Crippen LogP contribution >= 0.6 is 0 Å². The maximum Gasteiger partial charge on any atom is 0.317 e. The number of nitrogens with one attached hydrogen (secondary N) is 1. The summed E-state index contributed by atoms with van der Waals surface area (Å²) in [7, 11) is 0. The molecule has 2 rings (SSSR count). The van der Waals surface area contributed by atoms with Crippen molar-refractivity contribution in [1.29, 1.82) is 0 Å². The molecule has 0 radical (unpaired) electrons. The molecule has 1 saturated carbocycles. The second-order valence-corrected chi connectivity index (χ2v) is 5.34. The van der Waals surface area contributed by atoms with Gasteiger partial charge in [-0.15, -0.1) is 0 Å². The van der Waals surface area contributed by atoms with Crippen molar-refractivity contribution >= 4 is 12.0 Å². The topological polar surface area (TPSA) is 78.9 Å². The van der Waals surface area contributed by atoms with Crippen molar-refractivity contribution in [1.82, 2.24) is 10.2 Å². The normalized spacial score (nSPS) is 27.9. The molecule has 0 bridgehead atoms. The Morgan fingerprint density at radius 2 is 1.79 bits per heavy atom. The van der Waals surface area contributed by atoms with Gasteiger partial charge < -0.3 is 20.1 Å². The zero-order valence-corrected chi connectivity index (χ0v) is 11.1. The van der Waals surface area contributed by atoms with Crippen LogP contribution in [0.3, 0.4) is 0 Å². The Kier molecular flexibility index (Phi) is 5.01. The van der Waals surface area contributed by atoms with Crippen LogP contribution in [0.2, 0.25) is 0 Å². The van der Waals surface area contributed by atoms with Crippen molar-refractivity contribution in [3.63, 3.8) is 0 Å². The lowest BCUT2D eigenvalue weighted by Gasteiger charge is -2.29. The van der Waals surface area contributed by atoms with Crippen LogP contribution in [0.4, 0.5) is 4.79 Å². The standard InChI is InChI=1S/C13H22N2O4/c16-12(17)11-3-1-10(2-4-11)9-14-13(18)15-5-7-19-8-6-15/h10-11H,1-9H2,(H,14,18)(H,16,17). The Morgan fingerprint density at radius 3 is 2.37 bits per heavy atom. The Balaban J connectivity index is 1.66. The zero-order chi connectivity index (χ0) is 13.7. The Morgan fingerprint density at radius 1 is 1.16 bits per heavy atom. The first-order valence-electron chi connectivity index (χ1n) is 7.00. The smallest absolute Gasteiger partial charge is 0.317 e. The van der Waals surface area contributed by atoms with Crippen LogP contribution in [0.25, 0.3) is 0 Å². The van der Waals surface area contributed by atoms with Crippen molar-refractivity contribution < 1.29 is 19.4 Å².